The molecule has 0 aliphatic heterocycles. The fraction of sp³-hybridized carbons (Fsp3) is 0.357. The lowest BCUT2D eigenvalue weighted by Gasteiger charge is -2.12. The largest absolute Gasteiger partial charge is 0.386 e. The summed E-state index contributed by atoms with van der Waals surface area (Å²) in [7, 11) is 0. The van der Waals surface area contributed by atoms with Crippen LogP contribution in [0.1, 0.15) is 28.6 Å². The lowest BCUT2D eigenvalue weighted by Crippen LogP contribution is -2.11. The average molecular weight is 275 g/mol. The number of rotatable bonds is 4. The first-order valence-corrected chi connectivity index (χ1v) is 6.33. The van der Waals surface area contributed by atoms with Gasteiger partial charge >= 0.3 is 0 Å². The highest BCUT2D eigenvalue weighted by atomic mass is 16.6. The van der Waals surface area contributed by atoms with Crippen molar-refractivity contribution in [2.24, 2.45) is 0 Å². The summed E-state index contributed by atoms with van der Waals surface area (Å²) < 4.78 is 1.73. The van der Waals surface area contributed by atoms with E-state index in [4.69, 9.17) is 0 Å². The number of non-ortho nitro benzene ring substituents is 1. The highest BCUT2D eigenvalue weighted by Crippen LogP contribution is 2.21. The minimum atomic E-state index is -0.827. The standard InChI is InChI=1S/C14H17N3O3/c1-9-10(2)15-16(11(9)3)8-14(18)12-5-4-6-13(7-12)17(19)20/h4-7,14,18H,8H2,1-3H3/t14-/m0/s1. The van der Waals surface area contributed by atoms with Crippen LogP contribution in [0.3, 0.4) is 0 Å². The van der Waals surface area contributed by atoms with E-state index in [-0.39, 0.29) is 12.2 Å². The third kappa shape index (κ3) is 2.70. The van der Waals surface area contributed by atoms with E-state index < -0.39 is 11.0 Å². The number of hydrogen-bond donors (Lipinski definition) is 1. The van der Waals surface area contributed by atoms with Crippen molar-refractivity contribution in [3.8, 4) is 0 Å². The Morgan fingerprint density at radius 2 is 2.10 bits per heavy atom. The van der Waals surface area contributed by atoms with Crippen LogP contribution in [-0.2, 0) is 6.54 Å². The van der Waals surface area contributed by atoms with Gasteiger partial charge < -0.3 is 5.11 Å². The molecular weight excluding hydrogens is 258 g/mol. The summed E-state index contributed by atoms with van der Waals surface area (Å²) in [5, 5.41) is 25.3. The van der Waals surface area contributed by atoms with Gasteiger partial charge in [0.15, 0.2) is 0 Å². The molecule has 0 amide bonds. The first kappa shape index (κ1) is 14.2. The maximum absolute atomic E-state index is 10.7. The zero-order valence-corrected chi connectivity index (χ0v) is 11.7. The Kier molecular flexibility index (Phi) is 3.85. The van der Waals surface area contributed by atoms with E-state index in [1.807, 2.05) is 20.8 Å². The predicted molar refractivity (Wildman–Crippen MR) is 74.5 cm³/mol. The second-order valence-electron chi connectivity index (χ2n) is 4.85. The lowest BCUT2D eigenvalue weighted by molar-refractivity contribution is -0.385. The highest BCUT2D eigenvalue weighted by Gasteiger charge is 2.15. The van der Waals surface area contributed by atoms with Crippen LogP contribution in [-0.4, -0.2) is 19.8 Å². The van der Waals surface area contributed by atoms with Crippen molar-refractivity contribution >= 4 is 5.69 Å². The van der Waals surface area contributed by atoms with Crippen LogP contribution in [0, 0.1) is 30.9 Å². The monoisotopic (exact) mass is 275 g/mol. The Labute approximate surface area is 116 Å². The summed E-state index contributed by atoms with van der Waals surface area (Å²) in [6.07, 6.45) is -0.827. The van der Waals surface area contributed by atoms with Crippen molar-refractivity contribution < 1.29 is 10.0 Å². The topological polar surface area (TPSA) is 81.2 Å². The molecule has 0 bridgehead atoms. The van der Waals surface area contributed by atoms with Gasteiger partial charge in [-0.25, -0.2) is 0 Å². The van der Waals surface area contributed by atoms with Crippen LogP contribution in [0.5, 0.6) is 0 Å². The summed E-state index contributed by atoms with van der Waals surface area (Å²) in [5.41, 5.74) is 3.51. The molecular formula is C14H17N3O3. The fourth-order valence-electron chi connectivity index (χ4n) is 2.08. The van der Waals surface area contributed by atoms with Gasteiger partial charge in [0.2, 0.25) is 0 Å². The van der Waals surface area contributed by atoms with Crippen molar-refractivity contribution in [2.75, 3.05) is 0 Å². The SMILES string of the molecule is Cc1nn(C[C@H](O)c2cccc([N+](=O)[O-])c2)c(C)c1C. The second kappa shape index (κ2) is 5.42. The minimum absolute atomic E-state index is 0.0221. The number of aliphatic hydroxyl groups is 1. The van der Waals surface area contributed by atoms with Gasteiger partial charge in [-0.15, -0.1) is 0 Å². The van der Waals surface area contributed by atoms with E-state index in [1.54, 1.807) is 16.8 Å². The molecule has 1 N–H and O–H groups in total. The third-order valence-electron chi connectivity index (χ3n) is 3.55. The van der Waals surface area contributed by atoms with E-state index in [0.717, 1.165) is 17.0 Å². The third-order valence-corrected chi connectivity index (χ3v) is 3.55. The number of aliphatic hydroxyl groups excluding tert-OH is 1. The molecule has 0 aliphatic rings. The Hall–Kier alpha value is -2.21. The van der Waals surface area contributed by atoms with Crippen molar-refractivity contribution in [1.82, 2.24) is 9.78 Å². The molecule has 0 radical (unpaired) electrons. The van der Waals surface area contributed by atoms with Crippen LogP contribution in [0.2, 0.25) is 0 Å². The van der Waals surface area contributed by atoms with Gasteiger partial charge in [0.05, 0.1) is 23.3 Å². The molecule has 1 atom stereocenters. The Morgan fingerprint density at radius 1 is 1.40 bits per heavy atom. The van der Waals surface area contributed by atoms with Gasteiger partial charge in [-0.1, -0.05) is 12.1 Å². The van der Waals surface area contributed by atoms with Crippen molar-refractivity contribution in [1.29, 1.82) is 0 Å². The molecule has 1 aromatic carbocycles. The summed E-state index contributed by atoms with van der Waals surface area (Å²) in [6, 6.07) is 6.05. The summed E-state index contributed by atoms with van der Waals surface area (Å²) >= 11 is 0. The number of nitrogens with zero attached hydrogens (tertiary/aromatic N) is 3. The summed E-state index contributed by atoms with van der Waals surface area (Å²) in [4.78, 5) is 10.3. The Bertz CT molecular complexity index is 649. The lowest BCUT2D eigenvalue weighted by atomic mass is 10.1. The van der Waals surface area contributed by atoms with Crippen molar-refractivity contribution in [2.45, 2.75) is 33.4 Å². The molecule has 0 unspecified atom stereocenters. The minimum Gasteiger partial charge on any atom is -0.386 e. The van der Waals surface area contributed by atoms with Crippen LogP contribution in [0.15, 0.2) is 24.3 Å². The maximum Gasteiger partial charge on any atom is 0.269 e. The molecule has 106 valence electrons. The molecule has 6 heteroatoms. The molecule has 1 heterocycles. The highest BCUT2D eigenvalue weighted by molar-refractivity contribution is 5.35. The molecule has 2 rings (SSSR count). The molecule has 1 aromatic heterocycles. The van der Waals surface area contributed by atoms with Crippen LogP contribution in [0.4, 0.5) is 5.69 Å². The van der Waals surface area contributed by atoms with Gasteiger partial charge in [-0.3, -0.25) is 14.8 Å². The van der Waals surface area contributed by atoms with Crippen LogP contribution >= 0.6 is 0 Å². The van der Waals surface area contributed by atoms with Crippen molar-refractivity contribution in [3.05, 3.63) is 56.9 Å². The number of nitro benzene ring substituents is 1. The van der Waals surface area contributed by atoms with Crippen LogP contribution < -0.4 is 0 Å². The molecule has 2 aromatic rings. The number of nitro groups is 1. The molecule has 0 saturated heterocycles. The van der Waals surface area contributed by atoms with Gasteiger partial charge in [-0.2, -0.15) is 5.10 Å². The number of hydrogen-bond acceptors (Lipinski definition) is 4. The van der Waals surface area contributed by atoms with Crippen LogP contribution in [0.25, 0.3) is 0 Å². The molecule has 0 spiro atoms. The molecule has 0 aliphatic carbocycles. The molecule has 20 heavy (non-hydrogen) atoms. The zero-order chi connectivity index (χ0) is 14.9. The number of aryl methyl sites for hydroxylation is 1. The normalized spacial score (nSPS) is 12.4. The van der Waals surface area contributed by atoms with Gasteiger partial charge in [0, 0.05) is 17.8 Å². The summed E-state index contributed by atoms with van der Waals surface area (Å²) in [6.45, 7) is 6.11. The van der Waals surface area contributed by atoms with Gasteiger partial charge in [0.1, 0.15) is 0 Å². The molecule has 0 fully saturated rings. The number of aromatic nitrogens is 2. The summed E-state index contributed by atoms with van der Waals surface area (Å²) in [5.74, 6) is 0. The number of benzene rings is 1. The predicted octanol–water partition coefficient (Wildman–Crippen LogP) is 2.45. The zero-order valence-electron chi connectivity index (χ0n) is 11.7. The first-order chi connectivity index (χ1) is 9.40. The first-order valence-electron chi connectivity index (χ1n) is 6.33. The van der Waals surface area contributed by atoms with Gasteiger partial charge in [0.25, 0.3) is 5.69 Å². The molecule has 6 nitrogen and oxygen atoms in total. The quantitative estimate of drug-likeness (QED) is 0.686. The Morgan fingerprint density at radius 3 is 2.65 bits per heavy atom. The fourth-order valence-corrected chi connectivity index (χ4v) is 2.08. The van der Waals surface area contributed by atoms with E-state index in [1.165, 1.54) is 12.1 Å². The van der Waals surface area contributed by atoms with E-state index >= 15 is 0 Å². The van der Waals surface area contributed by atoms with E-state index in [0.29, 0.717) is 5.56 Å². The Balaban J connectivity index is 2.23. The smallest absolute Gasteiger partial charge is 0.269 e. The van der Waals surface area contributed by atoms with E-state index in [9.17, 15) is 15.2 Å². The second-order valence-corrected chi connectivity index (χ2v) is 4.85. The van der Waals surface area contributed by atoms with Gasteiger partial charge in [-0.05, 0) is 31.9 Å². The van der Waals surface area contributed by atoms with Crippen molar-refractivity contribution in [3.63, 3.8) is 0 Å². The van der Waals surface area contributed by atoms with E-state index in [2.05, 4.69) is 5.10 Å². The average Bonchev–Trinajstić information content (AvgIpc) is 2.66. The maximum atomic E-state index is 10.7. The molecule has 0 saturated carbocycles.